The van der Waals surface area contributed by atoms with E-state index in [2.05, 4.69) is 34.9 Å². The second-order valence-corrected chi connectivity index (χ2v) is 7.17. The molecule has 1 N–H and O–H groups in total. The molecular weight excluding hydrogens is 256 g/mol. The predicted octanol–water partition coefficient (Wildman–Crippen LogP) is 2.56. The van der Waals surface area contributed by atoms with Crippen LogP contribution in [0.2, 0.25) is 0 Å². The Balaban J connectivity index is 1.69. The van der Waals surface area contributed by atoms with Crippen LogP contribution in [-0.4, -0.2) is 29.1 Å². The third-order valence-corrected chi connectivity index (χ3v) is 6.12. The van der Waals surface area contributed by atoms with Gasteiger partial charge in [-0.15, -0.1) is 11.3 Å². The van der Waals surface area contributed by atoms with Crippen LogP contribution in [0.25, 0.3) is 0 Å². The summed E-state index contributed by atoms with van der Waals surface area (Å²) in [7, 11) is 0. The molecule has 0 radical (unpaired) electrons. The molecule has 0 spiro atoms. The minimum Gasteiger partial charge on any atom is -0.311 e. The number of rotatable bonds is 4. The van der Waals surface area contributed by atoms with E-state index < -0.39 is 0 Å². The third kappa shape index (κ3) is 3.70. The predicted molar refractivity (Wildman–Crippen MR) is 74.3 cm³/mol. The molecule has 5 heteroatoms. The average Bonchev–Trinajstić information content (AvgIpc) is 2.78. The van der Waals surface area contributed by atoms with Gasteiger partial charge in [0.25, 0.3) is 0 Å². The van der Waals surface area contributed by atoms with Crippen molar-refractivity contribution in [2.45, 2.75) is 11.8 Å². The molecule has 1 aromatic heterocycles. The normalized spacial score (nSPS) is 20.6. The summed E-state index contributed by atoms with van der Waals surface area (Å²) in [6, 6.07) is 4.13. The van der Waals surface area contributed by atoms with Crippen LogP contribution in [-0.2, 0) is 6.54 Å². The van der Waals surface area contributed by atoms with Crippen LogP contribution in [0, 0.1) is 11.3 Å². The van der Waals surface area contributed by atoms with Crippen molar-refractivity contribution in [3.63, 3.8) is 0 Å². The standard InChI is InChI=1S/C11H14N2S3/c12-4-9-3-10(16-7-9)5-13-6-11-8-14-1-2-15-11/h3,7,11,13H,1-2,5-6,8H2. The van der Waals surface area contributed by atoms with Crippen molar-refractivity contribution < 1.29 is 0 Å². The molecule has 2 heterocycles. The van der Waals surface area contributed by atoms with Crippen molar-refractivity contribution >= 4 is 34.9 Å². The molecule has 2 rings (SSSR count). The van der Waals surface area contributed by atoms with Crippen LogP contribution in [0.15, 0.2) is 11.4 Å². The first-order valence-electron chi connectivity index (χ1n) is 5.26. The van der Waals surface area contributed by atoms with Crippen molar-refractivity contribution in [3.05, 3.63) is 21.9 Å². The summed E-state index contributed by atoms with van der Waals surface area (Å²) in [5, 5.41) is 14.9. The molecule has 1 fully saturated rings. The molecule has 0 bridgehead atoms. The summed E-state index contributed by atoms with van der Waals surface area (Å²) < 4.78 is 0. The van der Waals surface area contributed by atoms with Crippen LogP contribution >= 0.6 is 34.9 Å². The summed E-state index contributed by atoms with van der Waals surface area (Å²) in [5.74, 6) is 3.86. The van der Waals surface area contributed by atoms with Gasteiger partial charge in [0.05, 0.1) is 5.56 Å². The summed E-state index contributed by atoms with van der Waals surface area (Å²) >= 11 is 5.80. The highest BCUT2D eigenvalue weighted by atomic mass is 32.2. The second kappa shape index (κ2) is 6.55. The van der Waals surface area contributed by atoms with Crippen LogP contribution in [0.4, 0.5) is 0 Å². The Kier molecular flexibility index (Phi) is 5.04. The topological polar surface area (TPSA) is 35.8 Å². The second-order valence-electron chi connectivity index (χ2n) is 3.61. The van der Waals surface area contributed by atoms with E-state index in [1.54, 1.807) is 11.3 Å². The SMILES string of the molecule is N#Cc1csc(CNCC2CSCCS2)c1. The highest BCUT2D eigenvalue weighted by Crippen LogP contribution is 2.23. The largest absolute Gasteiger partial charge is 0.311 e. The number of nitrogens with zero attached hydrogens (tertiary/aromatic N) is 1. The van der Waals surface area contributed by atoms with E-state index in [9.17, 15) is 0 Å². The van der Waals surface area contributed by atoms with Crippen molar-refractivity contribution in [2.24, 2.45) is 0 Å². The first kappa shape index (κ1) is 12.3. The fourth-order valence-electron chi connectivity index (χ4n) is 1.54. The fourth-order valence-corrected chi connectivity index (χ4v) is 4.97. The third-order valence-electron chi connectivity index (χ3n) is 2.34. The van der Waals surface area contributed by atoms with Crippen LogP contribution in [0.5, 0.6) is 0 Å². The van der Waals surface area contributed by atoms with Gasteiger partial charge in [0.1, 0.15) is 6.07 Å². The Morgan fingerprint density at radius 3 is 3.12 bits per heavy atom. The van der Waals surface area contributed by atoms with Gasteiger partial charge in [-0.25, -0.2) is 0 Å². The van der Waals surface area contributed by atoms with Crippen LogP contribution in [0.1, 0.15) is 10.4 Å². The molecule has 0 aliphatic carbocycles. The Hall–Kier alpha value is -0.150. The van der Waals surface area contributed by atoms with Gasteiger partial charge in [0.2, 0.25) is 0 Å². The maximum atomic E-state index is 8.71. The Morgan fingerprint density at radius 2 is 2.44 bits per heavy atom. The van der Waals surface area contributed by atoms with E-state index in [1.807, 2.05) is 11.4 Å². The molecule has 1 aromatic rings. The Labute approximate surface area is 109 Å². The van der Waals surface area contributed by atoms with Gasteiger partial charge in [0.15, 0.2) is 0 Å². The van der Waals surface area contributed by atoms with Crippen LogP contribution < -0.4 is 5.32 Å². The fraction of sp³-hybridized carbons (Fsp3) is 0.545. The molecule has 16 heavy (non-hydrogen) atoms. The zero-order chi connectivity index (χ0) is 11.2. The van der Waals surface area contributed by atoms with Crippen molar-refractivity contribution in [3.8, 4) is 6.07 Å². The molecule has 0 aromatic carbocycles. The lowest BCUT2D eigenvalue weighted by molar-refractivity contribution is 0.693. The Morgan fingerprint density at radius 1 is 1.50 bits per heavy atom. The average molecular weight is 270 g/mol. The molecule has 0 amide bonds. The van der Waals surface area contributed by atoms with Crippen molar-refractivity contribution in [1.29, 1.82) is 5.26 Å². The van der Waals surface area contributed by atoms with E-state index in [0.717, 1.165) is 23.9 Å². The molecular formula is C11H14N2S3. The van der Waals surface area contributed by atoms with Gasteiger partial charge in [0, 0.05) is 45.9 Å². The maximum absolute atomic E-state index is 8.71. The number of thiophene rings is 1. The summed E-state index contributed by atoms with van der Waals surface area (Å²) in [6.45, 7) is 1.98. The lowest BCUT2D eigenvalue weighted by Crippen LogP contribution is -2.28. The van der Waals surface area contributed by atoms with Gasteiger partial charge in [-0.3, -0.25) is 0 Å². The molecule has 1 aliphatic rings. The van der Waals surface area contributed by atoms with Crippen molar-refractivity contribution in [2.75, 3.05) is 23.8 Å². The zero-order valence-electron chi connectivity index (χ0n) is 8.94. The van der Waals surface area contributed by atoms with Gasteiger partial charge in [-0.1, -0.05) is 0 Å². The van der Waals surface area contributed by atoms with E-state index >= 15 is 0 Å². The molecule has 1 unspecified atom stereocenters. The van der Waals surface area contributed by atoms with E-state index in [1.165, 1.54) is 22.1 Å². The maximum Gasteiger partial charge on any atom is 0.100 e. The lowest BCUT2D eigenvalue weighted by Gasteiger charge is -2.20. The van der Waals surface area contributed by atoms with Crippen molar-refractivity contribution in [1.82, 2.24) is 5.32 Å². The highest BCUT2D eigenvalue weighted by molar-refractivity contribution is 8.06. The number of hydrogen-bond acceptors (Lipinski definition) is 5. The first-order valence-corrected chi connectivity index (χ1v) is 8.34. The van der Waals surface area contributed by atoms with Gasteiger partial charge < -0.3 is 5.32 Å². The number of nitriles is 1. The molecule has 86 valence electrons. The summed E-state index contributed by atoms with van der Waals surface area (Å²) in [5.41, 5.74) is 0.782. The molecule has 1 atom stereocenters. The molecule has 1 aliphatic heterocycles. The monoisotopic (exact) mass is 270 g/mol. The van der Waals surface area contributed by atoms with Gasteiger partial charge >= 0.3 is 0 Å². The Bertz CT molecular complexity index is 364. The zero-order valence-corrected chi connectivity index (χ0v) is 11.4. The van der Waals surface area contributed by atoms with Gasteiger partial charge in [-0.05, 0) is 6.07 Å². The van der Waals surface area contributed by atoms with E-state index in [0.29, 0.717) is 0 Å². The van der Waals surface area contributed by atoms with E-state index in [-0.39, 0.29) is 0 Å². The quantitative estimate of drug-likeness (QED) is 0.912. The summed E-state index contributed by atoms with van der Waals surface area (Å²) in [6.07, 6.45) is 0. The highest BCUT2D eigenvalue weighted by Gasteiger charge is 2.13. The summed E-state index contributed by atoms with van der Waals surface area (Å²) in [4.78, 5) is 1.25. The van der Waals surface area contributed by atoms with Gasteiger partial charge in [-0.2, -0.15) is 28.8 Å². The number of hydrogen-bond donors (Lipinski definition) is 1. The minimum atomic E-state index is 0.758. The number of nitrogens with one attached hydrogen (secondary N) is 1. The first-order chi connectivity index (χ1) is 7.88. The molecule has 2 nitrogen and oxygen atoms in total. The molecule has 0 saturated carbocycles. The minimum absolute atomic E-state index is 0.758. The van der Waals surface area contributed by atoms with Crippen LogP contribution in [0.3, 0.4) is 0 Å². The molecule has 1 saturated heterocycles. The lowest BCUT2D eigenvalue weighted by atomic mass is 10.3. The smallest absolute Gasteiger partial charge is 0.100 e. The van der Waals surface area contributed by atoms with E-state index in [4.69, 9.17) is 5.26 Å². The number of thioether (sulfide) groups is 2.